The van der Waals surface area contributed by atoms with Crippen molar-refractivity contribution in [1.29, 1.82) is 5.26 Å². The minimum atomic E-state index is -4.56. The SMILES string of the molecule is CCN(CCCCC(=O)OC)c1cc2c(cc1CN(Cc1cc(C#N)cc(C(F)(F)F)c1)c1ccn(C)n1)CCC2. The molecule has 218 valence electrons. The number of fused-ring (bicyclic) bond motifs is 1. The molecule has 1 aliphatic carbocycles. The lowest BCUT2D eigenvalue weighted by Gasteiger charge is -2.30. The van der Waals surface area contributed by atoms with Gasteiger partial charge in [-0.15, -0.1) is 0 Å². The molecular weight excluding hydrogens is 531 g/mol. The molecule has 1 heterocycles. The molecule has 3 aromatic rings. The van der Waals surface area contributed by atoms with Crippen molar-refractivity contribution in [1.82, 2.24) is 9.78 Å². The summed E-state index contributed by atoms with van der Waals surface area (Å²) in [5.74, 6) is 0.419. The van der Waals surface area contributed by atoms with Crippen LogP contribution in [0.1, 0.15) is 66.0 Å². The van der Waals surface area contributed by atoms with Crippen molar-refractivity contribution in [2.24, 2.45) is 7.05 Å². The Kier molecular flexibility index (Phi) is 9.58. The number of aryl methyl sites for hydroxylation is 3. The van der Waals surface area contributed by atoms with E-state index in [-0.39, 0.29) is 18.1 Å². The number of halogens is 3. The topological polar surface area (TPSA) is 74.4 Å². The number of ether oxygens (including phenoxy) is 1. The minimum Gasteiger partial charge on any atom is -0.469 e. The summed E-state index contributed by atoms with van der Waals surface area (Å²) in [5, 5.41) is 14.0. The number of hydrogen-bond donors (Lipinski definition) is 0. The average Bonchev–Trinajstić information content (AvgIpc) is 3.60. The second kappa shape index (κ2) is 13.1. The van der Waals surface area contributed by atoms with Gasteiger partial charge in [-0.1, -0.05) is 6.07 Å². The third-order valence-corrected chi connectivity index (χ3v) is 7.51. The molecule has 4 rings (SSSR count). The largest absolute Gasteiger partial charge is 0.469 e. The number of carbonyl (C=O) groups is 1. The molecule has 41 heavy (non-hydrogen) atoms. The molecule has 0 atom stereocenters. The van der Waals surface area contributed by atoms with Crippen molar-refractivity contribution < 1.29 is 22.7 Å². The van der Waals surface area contributed by atoms with Crippen molar-refractivity contribution in [3.05, 3.63) is 76.0 Å². The second-order valence-electron chi connectivity index (χ2n) is 10.4. The van der Waals surface area contributed by atoms with Crippen LogP contribution in [-0.2, 0) is 48.7 Å². The number of aromatic nitrogens is 2. The number of rotatable bonds is 12. The van der Waals surface area contributed by atoms with Gasteiger partial charge in [-0.05, 0) is 85.5 Å². The molecule has 1 aromatic heterocycles. The first-order chi connectivity index (χ1) is 19.6. The van der Waals surface area contributed by atoms with E-state index in [0.29, 0.717) is 24.3 Å². The predicted molar refractivity (Wildman–Crippen MR) is 151 cm³/mol. The van der Waals surface area contributed by atoms with E-state index in [4.69, 9.17) is 4.74 Å². The van der Waals surface area contributed by atoms with Gasteiger partial charge in [0.25, 0.3) is 0 Å². The van der Waals surface area contributed by atoms with Crippen LogP contribution in [0.15, 0.2) is 42.6 Å². The number of hydrogen-bond acceptors (Lipinski definition) is 6. The molecular formula is C31H36F3N5O2. The van der Waals surface area contributed by atoms with Gasteiger partial charge >= 0.3 is 12.1 Å². The van der Waals surface area contributed by atoms with Crippen molar-refractivity contribution >= 4 is 17.5 Å². The van der Waals surface area contributed by atoms with Gasteiger partial charge < -0.3 is 14.5 Å². The summed E-state index contributed by atoms with van der Waals surface area (Å²) >= 11 is 0. The number of anilines is 2. The molecule has 0 spiro atoms. The highest BCUT2D eigenvalue weighted by Crippen LogP contribution is 2.34. The van der Waals surface area contributed by atoms with E-state index in [1.165, 1.54) is 24.3 Å². The number of nitrogens with zero attached hydrogens (tertiary/aromatic N) is 5. The van der Waals surface area contributed by atoms with Crippen molar-refractivity contribution in [3.8, 4) is 6.07 Å². The van der Waals surface area contributed by atoms with Crippen LogP contribution in [0, 0.1) is 11.3 Å². The van der Waals surface area contributed by atoms with Gasteiger partial charge in [0.2, 0.25) is 0 Å². The first-order valence-corrected chi connectivity index (χ1v) is 13.9. The van der Waals surface area contributed by atoms with Gasteiger partial charge in [-0.3, -0.25) is 9.48 Å². The quantitative estimate of drug-likeness (QED) is 0.192. The van der Waals surface area contributed by atoms with Crippen LogP contribution in [0.4, 0.5) is 24.7 Å². The van der Waals surface area contributed by atoms with Crippen LogP contribution in [0.5, 0.6) is 0 Å². The number of alkyl halides is 3. The maximum atomic E-state index is 13.6. The fraction of sp³-hybridized carbons (Fsp3) is 0.452. The standard InChI is InChI=1S/C31H36F3N5O2/c1-4-38(12-6-5-10-30(40)41-3)28-18-25-9-7-8-24(25)17-26(28)21-39(29-11-13-37(2)36-29)20-23-14-22(19-35)15-27(16-23)31(32,33)34/h11,13-18H,4-10,12,20-21H2,1-3H3. The van der Waals surface area contributed by atoms with Crippen LogP contribution in [-0.4, -0.2) is 35.9 Å². The predicted octanol–water partition coefficient (Wildman–Crippen LogP) is 6.18. The summed E-state index contributed by atoms with van der Waals surface area (Å²) in [6.07, 6.45) is 2.28. The summed E-state index contributed by atoms with van der Waals surface area (Å²) < 4.78 is 47.3. The second-order valence-corrected chi connectivity index (χ2v) is 10.4. The Morgan fingerprint density at radius 2 is 1.85 bits per heavy atom. The molecule has 0 amide bonds. The molecule has 1 aliphatic rings. The molecule has 0 aliphatic heterocycles. The Morgan fingerprint density at radius 3 is 2.49 bits per heavy atom. The van der Waals surface area contributed by atoms with Crippen LogP contribution >= 0.6 is 0 Å². The molecule has 0 N–H and O–H groups in total. The number of unbranched alkanes of at least 4 members (excludes halogenated alkanes) is 1. The van der Waals surface area contributed by atoms with Gasteiger partial charge in [-0.2, -0.15) is 23.5 Å². The summed E-state index contributed by atoms with van der Waals surface area (Å²) in [7, 11) is 3.19. The fourth-order valence-electron chi connectivity index (χ4n) is 5.43. The Labute approximate surface area is 239 Å². The summed E-state index contributed by atoms with van der Waals surface area (Å²) in [6, 6.07) is 11.7. The van der Waals surface area contributed by atoms with Crippen molar-refractivity contribution in [3.63, 3.8) is 0 Å². The Bertz CT molecular complexity index is 1410. The van der Waals surface area contributed by atoms with E-state index >= 15 is 0 Å². The Hall–Kier alpha value is -4.00. The Balaban J connectivity index is 1.68. The lowest BCUT2D eigenvalue weighted by atomic mass is 10.0. The summed E-state index contributed by atoms with van der Waals surface area (Å²) in [5.41, 5.74) is 4.32. The van der Waals surface area contributed by atoms with E-state index < -0.39 is 11.7 Å². The number of carbonyl (C=O) groups excluding carboxylic acids is 1. The molecule has 0 radical (unpaired) electrons. The normalized spacial score (nSPS) is 12.6. The lowest BCUT2D eigenvalue weighted by Crippen LogP contribution is -2.28. The third kappa shape index (κ3) is 7.60. The zero-order chi connectivity index (χ0) is 29.6. The molecule has 7 nitrogen and oxygen atoms in total. The monoisotopic (exact) mass is 567 g/mol. The maximum absolute atomic E-state index is 13.6. The van der Waals surface area contributed by atoms with Crippen LogP contribution in [0.3, 0.4) is 0 Å². The molecule has 2 aromatic carbocycles. The molecule has 0 unspecified atom stereocenters. The number of nitriles is 1. The van der Waals surface area contributed by atoms with Crippen LogP contribution < -0.4 is 9.80 Å². The molecule has 0 saturated heterocycles. The van der Waals surface area contributed by atoms with Crippen molar-refractivity contribution in [2.45, 2.75) is 64.7 Å². The van der Waals surface area contributed by atoms with Crippen LogP contribution in [0.25, 0.3) is 0 Å². The van der Waals surface area contributed by atoms with Crippen LogP contribution in [0.2, 0.25) is 0 Å². The van der Waals surface area contributed by atoms with Gasteiger partial charge in [-0.25, -0.2) is 0 Å². The zero-order valence-corrected chi connectivity index (χ0v) is 23.8. The van der Waals surface area contributed by atoms with Gasteiger partial charge in [0.1, 0.15) is 0 Å². The summed E-state index contributed by atoms with van der Waals surface area (Å²) in [4.78, 5) is 15.8. The number of benzene rings is 2. The number of methoxy groups -OCH3 is 1. The van der Waals surface area contributed by atoms with E-state index in [9.17, 15) is 23.2 Å². The van der Waals surface area contributed by atoms with E-state index in [2.05, 4.69) is 29.1 Å². The number of esters is 1. The fourth-order valence-corrected chi connectivity index (χ4v) is 5.43. The van der Waals surface area contributed by atoms with E-state index in [1.807, 2.05) is 17.0 Å². The molecule has 0 fully saturated rings. The Morgan fingerprint density at radius 1 is 1.10 bits per heavy atom. The smallest absolute Gasteiger partial charge is 0.416 e. The van der Waals surface area contributed by atoms with Gasteiger partial charge in [0.05, 0.1) is 24.3 Å². The first-order valence-electron chi connectivity index (χ1n) is 13.9. The average molecular weight is 568 g/mol. The third-order valence-electron chi connectivity index (χ3n) is 7.51. The molecule has 10 heteroatoms. The van der Waals surface area contributed by atoms with Gasteiger partial charge in [0, 0.05) is 57.6 Å². The van der Waals surface area contributed by atoms with Crippen molar-refractivity contribution in [2.75, 3.05) is 30.0 Å². The maximum Gasteiger partial charge on any atom is 0.416 e. The molecule has 0 bridgehead atoms. The van der Waals surface area contributed by atoms with E-state index in [0.717, 1.165) is 68.6 Å². The first kappa shape index (κ1) is 30.0. The molecule has 0 saturated carbocycles. The lowest BCUT2D eigenvalue weighted by molar-refractivity contribution is -0.140. The zero-order valence-electron chi connectivity index (χ0n) is 23.8. The van der Waals surface area contributed by atoms with Gasteiger partial charge in [0.15, 0.2) is 5.82 Å². The highest BCUT2D eigenvalue weighted by molar-refractivity contribution is 5.69. The minimum absolute atomic E-state index is 0.0295. The highest BCUT2D eigenvalue weighted by Gasteiger charge is 2.31. The highest BCUT2D eigenvalue weighted by atomic mass is 19.4. The van der Waals surface area contributed by atoms with E-state index in [1.54, 1.807) is 17.9 Å². The summed E-state index contributed by atoms with van der Waals surface area (Å²) in [6.45, 7) is 4.21.